The van der Waals surface area contributed by atoms with Crippen molar-refractivity contribution in [3.63, 3.8) is 0 Å². The summed E-state index contributed by atoms with van der Waals surface area (Å²) in [6, 6.07) is 0. The predicted octanol–water partition coefficient (Wildman–Crippen LogP) is 2.71. The third-order valence-electron chi connectivity index (χ3n) is 1.90. The van der Waals surface area contributed by atoms with Gasteiger partial charge >= 0.3 is 0 Å². The molecule has 0 fully saturated rings. The van der Waals surface area contributed by atoms with Gasteiger partial charge in [-0.2, -0.15) is 0 Å². The van der Waals surface area contributed by atoms with Crippen molar-refractivity contribution in [1.29, 1.82) is 0 Å². The van der Waals surface area contributed by atoms with Crippen LogP contribution in [0, 0.1) is 0 Å². The van der Waals surface area contributed by atoms with Crippen LogP contribution in [-0.2, 0) is 12.0 Å². The summed E-state index contributed by atoms with van der Waals surface area (Å²) in [6.45, 7) is 5.76. The maximum absolute atomic E-state index is 9.70. The lowest BCUT2D eigenvalue weighted by molar-refractivity contribution is 0.0823. The van der Waals surface area contributed by atoms with Crippen LogP contribution in [0.15, 0.2) is 6.20 Å². The summed E-state index contributed by atoms with van der Waals surface area (Å²) in [6.07, 6.45) is 5.20. The lowest BCUT2D eigenvalue weighted by Crippen LogP contribution is -2.12. The topological polar surface area (TPSA) is 33.1 Å². The van der Waals surface area contributed by atoms with Crippen LogP contribution in [0.4, 0.5) is 0 Å². The zero-order chi connectivity index (χ0) is 9.90. The summed E-state index contributed by atoms with van der Waals surface area (Å²) in [5.74, 6) is 0. The fourth-order valence-corrected chi connectivity index (χ4v) is 2.00. The minimum absolute atomic E-state index is 0.734. The summed E-state index contributed by atoms with van der Waals surface area (Å²) in [5.41, 5.74) is -0.734. The van der Waals surface area contributed by atoms with E-state index in [1.807, 2.05) is 0 Å². The molecule has 2 nitrogen and oxygen atoms in total. The number of aromatic nitrogens is 1. The summed E-state index contributed by atoms with van der Waals surface area (Å²) in [7, 11) is 0. The monoisotopic (exact) mass is 199 g/mol. The molecule has 0 atom stereocenters. The predicted molar refractivity (Wildman–Crippen MR) is 56.0 cm³/mol. The van der Waals surface area contributed by atoms with Gasteiger partial charge in [-0.1, -0.05) is 13.3 Å². The van der Waals surface area contributed by atoms with Crippen LogP contribution < -0.4 is 0 Å². The lowest BCUT2D eigenvalue weighted by atomic mass is 10.1. The molecule has 13 heavy (non-hydrogen) atoms. The highest BCUT2D eigenvalue weighted by Gasteiger charge is 2.18. The van der Waals surface area contributed by atoms with Crippen LogP contribution in [0.5, 0.6) is 0 Å². The first-order chi connectivity index (χ1) is 6.04. The Kier molecular flexibility index (Phi) is 3.45. The third kappa shape index (κ3) is 3.08. The number of rotatable bonds is 4. The van der Waals surface area contributed by atoms with Crippen LogP contribution in [0.1, 0.15) is 43.5 Å². The number of aryl methyl sites for hydroxylation is 1. The van der Waals surface area contributed by atoms with Gasteiger partial charge < -0.3 is 5.11 Å². The zero-order valence-corrected chi connectivity index (χ0v) is 9.32. The summed E-state index contributed by atoms with van der Waals surface area (Å²) in [4.78, 5) is 5.24. The Morgan fingerprint density at radius 1 is 1.54 bits per heavy atom. The van der Waals surface area contributed by atoms with Crippen LogP contribution in [0.2, 0.25) is 0 Å². The van der Waals surface area contributed by atoms with E-state index in [9.17, 15) is 5.11 Å². The molecule has 0 spiro atoms. The first-order valence-corrected chi connectivity index (χ1v) is 5.53. The Labute approximate surface area is 83.6 Å². The fourth-order valence-electron chi connectivity index (χ4n) is 1.04. The van der Waals surface area contributed by atoms with Gasteiger partial charge in [0.1, 0.15) is 0 Å². The van der Waals surface area contributed by atoms with Crippen molar-refractivity contribution in [3.05, 3.63) is 16.1 Å². The van der Waals surface area contributed by atoms with E-state index in [2.05, 4.69) is 11.9 Å². The quantitative estimate of drug-likeness (QED) is 0.808. The van der Waals surface area contributed by atoms with E-state index in [4.69, 9.17) is 0 Å². The Bertz CT molecular complexity index is 262. The Hall–Kier alpha value is -0.410. The van der Waals surface area contributed by atoms with Crippen LogP contribution in [-0.4, -0.2) is 10.1 Å². The number of hydrogen-bond donors (Lipinski definition) is 1. The molecule has 74 valence electrons. The highest BCUT2D eigenvalue weighted by molar-refractivity contribution is 7.11. The summed E-state index contributed by atoms with van der Waals surface area (Å²) < 4.78 is 0. The smallest absolute Gasteiger partial charge is 0.0948 e. The molecule has 0 saturated heterocycles. The van der Waals surface area contributed by atoms with Crippen molar-refractivity contribution >= 4 is 11.3 Å². The van der Waals surface area contributed by atoms with Gasteiger partial charge in [-0.05, 0) is 26.7 Å². The van der Waals surface area contributed by atoms with Crippen LogP contribution >= 0.6 is 11.3 Å². The van der Waals surface area contributed by atoms with E-state index in [1.165, 1.54) is 12.8 Å². The van der Waals surface area contributed by atoms with Crippen molar-refractivity contribution < 1.29 is 5.11 Å². The molecular formula is C10H17NOS. The molecule has 1 aromatic rings. The number of thiazole rings is 1. The molecule has 0 unspecified atom stereocenters. The van der Waals surface area contributed by atoms with Crippen molar-refractivity contribution in [2.24, 2.45) is 0 Å². The second kappa shape index (κ2) is 4.20. The first-order valence-electron chi connectivity index (χ1n) is 4.71. The Morgan fingerprint density at radius 3 is 2.69 bits per heavy atom. The summed E-state index contributed by atoms with van der Waals surface area (Å²) in [5, 5.41) is 10.8. The summed E-state index contributed by atoms with van der Waals surface area (Å²) >= 11 is 1.62. The van der Waals surface area contributed by atoms with Crippen LogP contribution in [0.25, 0.3) is 0 Å². The van der Waals surface area contributed by atoms with Gasteiger partial charge in [0.2, 0.25) is 0 Å². The zero-order valence-electron chi connectivity index (χ0n) is 8.50. The van der Waals surface area contributed by atoms with E-state index in [0.29, 0.717) is 0 Å². The van der Waals surface area contributed by atoms with E-state index in [1.54, 1.807) is 31.4 Å². The molecule has 0 aliphatic rings. The van der Waals surface area contributed by atoms with Gasteiger partial charge in [-0.3, -0.25) is 0 Å². The maximum Gasteiger partial charge on any atom is 0.0948 e. The van der Waals surface area contributed by atoms with Gasteiger partial charge in [-0.25, -0.2) is 4.98 Å². The number of unbranched alkanes of at least 4 members (excludes halogenated alkanes) is 1. The largest absolute Gasteiger partial charge is 0.385 e. The minimum atomic E-state index is -0.734. The molecule has 0 amide bonds. The minimum Gasteiger partial charge on any atom is -0.385 e. The molecule has 0 saturated carbocycles. The van der Waals surface area contributed by atoms with E-state index in [0.717, 1.165) is 16.3 Å². The Balaban J connectivity index is 2.64. The number of aliphatic hydroxyl groups is 1. The van der Waals surface area contributed by atoms with Gasteiger partial charge in [0, 0.05) is 6.20 Å². The molecule has 0 bridgehead atoms. The number of hydrogen-bond acceptors (Lipinski definition) is 3. The van der Waals surface area contributed by atoms with Crippen molar-refractivity contribution in [1.82, 2.24) is 4.98 Å². The highest BCUT2D eigenvalue weighted by Crippen LogP contribution is 2.26. The first kappa shape index (κ1) is 10.7. The normalized spacial score (nSPS) is 12.0. The lowest BCUT2D eigenvalue weighted by Gasteiger charge is -2.13. The molecular weight excluding hydrogens is 182 g/mol. The second-order valence-electron chi connectivity index (χ2n) is 3.78. The average Bonchev–Trinajstić information content (AvgIpc) is 2.47. The van der Waals surface area contributed by atoms with Crippen molar-refractivity contribution in [3.8, 4) is 0 Å². The molecule has 0 aliphatic carbocycles. The van der Waals surface area contributed by atoms with Gasteiger partial charge in [0.05, 0.1) is 15.5 Å². The van der Waals surface area contributed by atoms with Crippen molar-refractivity contribution in [2.75, 3.05) is 0 Å². The molecule has 1 rings (SSSR count). The molecule has 1 N–H and O–H groups in total. The number of nitrogens with zero attached hydrogens (tertiary/aromatic N) is 1. The molecule has 0 aliphatic heterocycles. The van der Waals surface area contributed by atoms with E-state index < -0.39 is 5.60 Å². The fraction of sp³-hybridized carbons (Fsp3) is 0.700. The third-order valence-corrected chi connectivity index (χ3v) is 3.27. The molecule has 1 aromatic heterocycles. The molecule has 1 heterocycles. The van der Waals surface area contributed by atoms with Crippen LogP contribution in [0.3, 0.4) is 0 Å². The molecule has 0 aromatic carbocycles. The maximum atomic E-state index is 9.70. The average molecular weight is 199 g/mol. The van der Waals surface area contributed by atoms with Gasteiger partial charge in [0.25, 0.3) is 0 Å². The molecule has 3 heteroatoms. The van der Waals surface area contributed by atoms with E-state index >= 15 is 0 Å². The standard InChI is InChI=1S/C10H17NOS/c1-4-5-6-9-11-7-8(13-9)10(2,3)12/h7,12H,4-6H2,1-3H3. The van der Waals surface area contributed by atoms with Crippen molar-refractivity contribution in [2.45, 2.75) is 45.6 Å². The van der Waals surface area contributed by atoms with E-state index in [-0.39, 0.29) is 0 Å². The Morgan fingerprint density at radius 2 is 2.23 bits per heavy atom. The SMILES string of the molecule is CCCCc1ncc(C(C)(C)O)s1. The highest BCUT2D eigenvalue weighted by atomic mass is 32.1. The second-order valence-corrected chi connectivity index (χ2v) is 4.90. The molecule has 0 radical (unpaired) electrons. The van der Waals surface area contributed by atoms with Gasteiger partial charge in [0.15, 0.2) is 0 Å². The van der Waals surface area contributed by atoms with Gasteiger partial charge in [-0.15, -0.1) is 11.3 Å².